The number of fused-ring (bicyclic) bond motifs is 15. The van der Waals surface area contributed by atoms with Crippen molar-refractivity contribution < 1.29 is 4.42 Å². The number of hydrogen-bond donors (Lipinski definition) is 0. The third kappa shape index (κ3) is 8.13. The summed E-state index contributed by atoms with van der Waals surface area (Å²) in [6, 6.07) is 123. The number of furan rings is 1. The van der Waals surface area contributed by atoms with Crippen LogP contribution in [0.2, 0.25) is 0 Å². The van der Waals surface area contributed by atoms with Crippen LogP contribution in [0.15, 0.2) is 332 Å². The number of anilines is 6. The first-order valence-electron chi connectivity index (χ1n) is 33.6. The molecule has 0 amide bonds. The van der Waals surface area contributed by atoms with E-state index in [4.69, 9.17) is 4.42 Å². The zero-order valence-corrected chi connectivity index (χ0v) is 54.0. The Morgan fingerprint density at radius 1 is 0.271 bits per heavy atom. The second-order valence-corrected chi connectivity index (χ2v) is 27.5. The molecule has 0 N–H and O–H groups in total. The second-order valence-electron chi connectivity index (χ2n) is 27.5. The van der Waals surface area contributed by atoms with Gasteiger partial charge >= 0.3 is 0 Å². The van der Waals surface area contributed by atoms with Crippen molar-refractivity contribution in [3.8, 4) is 55.6 Å². The van der Waals surface area contributed by atoms with Crippen molar-refractivity contribution in [3.05, 3.63) is 372 Å². The Balaban J connectivity index is 0.955. The largest absolute Gasteiger partial charge is 0.455 e. The van der Waals surface area contributed by atoms with Crippen LogP contribution in [0.4, 0.5) is 34.1 Å². The van der Waals surface area contributed by atoms with E-state index in [0.717, 1.165) is 106 Å². The van der Waals surface area contributed by atoms with E-state index in [2.05, 4.69) is 365 Å². The lowest BCUT2D eigenvalue weighted by molar-refractivity contribution is 0.660. The van der Waals surface area contributed by atoms with E-state index in [1.165, 1.54) is 71.6 Å². The smallest absolute Gasteiger partial charge is 0.145 e. The van der Waals surface area contributed by atoms with Crippen LogP contribution >= 0.6 is 0 Å². The average molecular weight is 1230 g/mol. The lowest BCUT2D eigenvalue weighted by atomic mass is 9.67. The lowest BCUT2D eigenvalue weighted by Gasteiger charge is -2.36. The molecular formula is C93H66N2O. The van der Waals surface area contributed by atoms with E-state index in [1.807, 2.05) is 0 Å². The van der Waals surface area contributed by atoms with Crippen molar-refractivity contribution in [2.24, 2.45) is 0 Å². The molecule has 0 unspecified atom stereocenters. The summed E-state index contributed by atoms with van der Waals surface area (Å²) in [5.74, 6) is 0. The van der Waals surface area contributed by atoms with Gasteiger partial charge in [0, 0.05) is 50.0 Å². The third-order valence-electron chi connectivity index (χ3n) is 21.7. The van der Waals surface area contributed by atoms with Crippen LogP contribution in [-0.2, 0) is 16.2 Å². The Morgan fingerprint density at radius 3 is 1.24 bits per heavy atom. The Labute approximate surface area is 560 Å². The van der Waals surface area contributed by atoms with Crippen LogP contribution in [0.5, 0.6) is 0 Å². The quantitative estimate of drug-likeness (QED) is 0.136. The minimum absolute atomic E-state index is 0.237. The number of hydrogen-bond acceptors (Lipinski definition) is 3. The molecular weight excluding hydrogens is 1160 g/mol. The van der Waals surface area contributed by atoms with Crippen molar-refractivity contribution >= 4 is 77.6 Å². The molecule has 3 aliphatic carbocycles. The topological polar surface area (TPSA) is 19.6 Å². The summed E-state index contributed by atoms with van der Waals surface area (Å²) in [6.45, 7) is 9.55. The highest BCUT2D eigenvalue weighted by Gasteiger charge is 2.50. The second kappa shape index (κ2) is 21.1. The molecule has 16 aromatic rings. The minimum atomic E-state index is -0.963. The zero-order chi connectivity index (χ0) is 64.0. The standard InChI is InChI=1S/C93H66N2O/c1-91(2)78-38-20-15-35-72(78)74-50-47-67(55-80(74)91)94(84-40-22-17-33-70(84)61-27-7-5-8-28-61)68-49-52-76-82(57-68)93(65-45-43-59-25-11-13-31-63(59)53-65,66-46-44-60-26-12-14-32-64(60)54-66)83-58-86(89-77-37-19-24-42-87(77)96-90(89)88(76)83)95(85-41-23-18-34-71(85)62-29-9-6-10-30-62)69-48-51-75-73-36-16-21-39-79(73)92(3,4)81(75)56-69/h5-58H,1-4H3. The monoisotopic (exact) mass is 1230 g/mol. The predicted molar refractivity (Wildman–Crippen MR) is 401 cm³/mol. The summed E-state index contributed by atoms with van der Waals surface area (Å²) >= 11 is 0. The molecule has 454 valence electrons. The van der Waals surface area contributed by atoms with Gasteiger partial charge in [-0.3, -0.25) is 0 Å². The molecule has 0 spiro atoms. The number of nitrogens with zero attached hydrogens (tertiary/aromatic N) is 2. The van der Waals surface area contributed by atoms with E-state index in [1.54, 1.807) is 0 Å². The summed E-state index contributed by atoms with van der Waals surface area (Å²) < 4.78 is 7.72. The van der Waals surface area contributed by atoms with E-state index in [0.29, 0.717) is 0 Å². The van der Waals surface area contributed by atoms with E-state index < -0.39 is 5.41 Å². The summed E-state index contributed by atoms with van der Waals surface area (Å²) in [7, 11) is 0. The van der Waals surface area contributed by atoms with E-state index >= 15 is 0 Å². The van der Waals surface area contributed by atoms with Gasteiger partial charge in [-0.1, -0.05) is 282 Å². The highest BCUT2D eigenvalue weighted by Crippen LogP contribution is 2.64. The molecule has 0 bridgehead atoms. The van der Waals surface area contributed by atoms with Crippen molar-refractivity contribution in [1.82, 2.24) is 0 Å². The molecule has 0 saturated heterocycles. The highest BCUT2D eigenvalue weighted by molar-refractivity contribution is 6.20. The van der Waals surface area contributed by atoms with Crippen molar-refractivity contribution in [2.75, 3.05) is 9.80 Å². The fraction of sp³-hybridized carbons (Fsp3) is 0.0753. The number of benzene rings is 15. The first-order chi connectivity index (χ1) is 47.1. The molecule has 0 atom stereocenters. The van der Waals surface area contributed by atoms with Gasteiger partial charge in [-0.15, -0.1) is 0 Å². The molecule has 0 aliphatic heterocycles. The maximum absolute atomic E-state index is 7.72. The molecule has 1 heterocycles. The highest BCUT2D eigenvalue weighted by atomic mass is 16.3. The summed E-state index contributed by atoms with van der Waals surface area (Å²) in [6.07, 6.45) is 0. The maximum atomic E-state index is 7.72. The normalized spacial score (nSPS) is 14.1. The molecule has 3 nitrogen and oxygen atoms in total. The van der Waals surface area contributed by atoms with Gasteiger partial charge < -0.3 is 14.2 Å². The van der Waals surface area contributed by atoms with Crippen LogP contribution < -0.4 is 9.80 Å². The van der Waals surface area contributed by atoms with Gasteiger partial charge in [0.25, 0.3) is 0 Å². The van der Waals surface area contributed by atoms with Gasteiger partial charge in [0.2, 0.25) is 0 Å². The molecule has 1 aromatic heterocycles. The molecule has 19 rings (SSSR count). The van der Waals surface area contributed by atoms with Crippen LogP contribution in [0, 0.1) is 0 Å². The summed E-state index contributed by atoms with van der Waals surface area (Å²) in [4.78, 5) is 5.11. The zero-order valence-electron chi connectivity index (χ0n) is 54.0. The Hall–Kier alpha value is -11.8. The van der Waals surface area contributed by atoms with Gasteiger partial charge in [-0.25, -0.2) is 0 Å². The fourth-order valence-electron chi connectivity index (χ4n) is 17.2. The van der Waals surface area contributed by atoms with E-state index in [9.17, 15) is 0 Å². The van der Waals surface area contributed by atoms with Crippen LogP contribution in [0.25, 0.3) is 99.1 Å². The number of rotatable bonds is 10. The van der Waals surface area contributed by atoms with Crippen molar-refractivity contribution in [2.45, 2.75) is 43.9 Å². The van der Waals surface area contributed by atoms with Crippen LogP contribution in [0.1, 0.15) is 72.2 Å². The van der Waals surface area contributed by atoms with Gasteiger partial charge in [-0.2, -0.15) is 0 Å². The Kier molecular flexibility index (Phi) is 12.3. The molecule has 3 aliphatic rings. The Morgan fingerprint density at radius 2 is 0.688 bits per heavy atom. The van der Waals surface area contributed by atoms with Crippen LogP contribution in [-0.4, -0.2) is 0 Å². The van der Waals surface area contributed by atoms with Gasteiger partial charge in [0.15, 0.2) is 0 Å². The SMILES string of the molecule is CC1(C)c2ccccc2-c2ccc(N(c3ccc4c(c3)C(c3ccc5ccccc5c3)(c3ccc5ccccc5c3)c3cc(N(c5ccc6c(c5)C(C)(C)c5ccccc5-6)c5ccccc5-c5ccccc5)c5c(oc6ccccc65)c3-4)c3ccccc3-c3ccccc3)cc21. The molecule has 0 saturated carbocycles. The first-order valence-corrected chi connectivity index (χ1v) is 33.6. The predicted octanol–water partition coefficient (Wildman–Crippen LogP) is 25.1. The Bertz CT molecular complexity index is 5790. The first kappa shape index (κ1) is 55.8. The molecule has 96 heavy (non-hydrogen) atoms. The molecule has 15 aromatic carbocycles. The maximum Gasteiger partial charge on any atom is 0.145 e. The molecule has 0 radical (unpaired) electrons. The van der Waals surface area contributed by atoms with Crippen molar-refractivity contribution in [1.29, 1.82) is 0 Å². The number of para-hydroxylation sites is 3. The summed E-state index contributed by atoms with van der Waals surface area (Å²) in [5.41, 5.74) is 28.5. The molecule has 0 fully saturated rings. The average Bonchev–Trinajstić information content (AvgIpc) is 1.50. The van der Waals surface area contributed by atoms with Gasteiger partial charge in [0.1, 0.15) is 11.2 Å². The van der Waals surface area contributed by atoms with Crippen molar-refractivity contribution in [3.63, 3.8) is 0 Å². The van der Waals surface area contributed by atoms with Gasteiger partial charge in [0.05, 0.1) is 27.9 Å². The lowest BCUT2D eigenvalue weighted by Crippen LogP contribution is -2.29. The summed E-state index contributed by atoms with van der Waals surface area (Å²) in [5, 5.41) is 6.83. The third-order valence-corrected chi connectivity index (χ3v) is 21.7. The van der Waals surface area contributed by atoms with Gasteiger partial charge in [-0.05, 0) is 178 Å². The minimum Gasteiger partial charge on any atom is -0.455 e. The van der Waals surface area contributed by atoms with E-state index in [-0.39, 0.29) is 10.8 Å². The molecule has 3 heteroatoms. The fourth-order valence-corrected chi connectivity index (χ4v) is 17.2. The van der Waals surface area contributed by atoms with Crippen LogP contribution in [0.3, 0.4) is 0 Å².